The molecule has 0 aliphatic heterocycles. The van der Waals surface area contributed by atoms with Gasteiger partial charge in [-0.3, -0.25) is 19.6 Å². The largest absolute Gasteiger partial charge is 0.344 e. The van der Waals surface area contributed by atoms with E-state index in [1.807, 2.05) is 16.8 Å². The topological polar surface area (TPSA) is 116 Å². The van der Waals surface area contributed by atoms with E-state index in [0.717, 1.165) is 10.9 Å². The van der Waals surface area contributed by atoms with Gasteiger partial charge in [0, 0.05) is 47.3 Å². The van der Waals surface area contributed by atoms with Crippen molar-refractivity contribution in [3.8, 4) is 0 Å². The van der Waals surface area contributed by atoms with E-state index in [-0.39, 0.29) is 24.2 Å². The van der Waals surface area contributed by atoms with Gasteiger partial charge in [0.05, 0.1) is 23.8 Å². The summed E-state index contributed by atoms with van der Waals surface area (Å²) in [4.78, 5) is 33.8. The summed E-state index contributed by atoms with van der Waals surface area (Å²) in [5.74, 6) is -0.492. The quantitative estimate of drug-likeness (QED) is 0.491. The molecule has 9 nitrogen and oxygen atoms in total. The summed E-state index contributed by atoms with van der Waals surface area (Å²) in [6, 6.07) is 3.69. The lowest BCUT2D eigenvalue weighted by molar-refractivity contribution is -0.115. The Morgan fingerprint density at radius 3 is 2.73 bits per heavy atom. The molecule has 0 aromatic carbocycles. The number of carbonyl (C=O) groups is 2. The van der Waals surface area contributed by atoms with Gasteiger partial charge >= 0.3 is 0 Å². The van der Waals surface area contributed by atoms with Crippen LogP contribution in [0.2, 0.25) is 0 Å². The number of fused-ring (bicyclic) bond motifs is 1. The molecule has 0 saturated carbocycles. The summed E-state index contributed by atoms with van der Waals surface area (Å²) >= 11 is 0. The lowest BCUT2D eigenvalue weighted by atomic mass is 10.0. The van der Waals surface area contributed by atoms with Gasteiger partial charge in [0.15, 0.2) is 5.78 Å². The highest BCUT2D eigenvalue weighted by atomic mass is 16.6. The molecule has 4 rings (SSSR count). The van der Waals surface area contributed by atoms with E-state index >= 15 is 0 Å². The Hall–Kier alpha value is -3.88. The van der Waals surface area contributed by atoms with Crippen LogP contribution < -0.4 is 5.32 Å². The van der Waals surface area contributed by atoms with Gasteiger partial charge in [-0.05, 0) is 32.9 Å². The lowest BCUT2D eigenvalue weighted by Gasteiger charge is -2.08. The van der Waals surface area contributed by atoms with Crippen LogP contribution in [0.4, 0.5) is 5.69 Å². The van der Waals surface area contributed by atoms with E-state index in [1.54, 1.807) is 25.4 Å². The zero-order chi connectivity index (χ0) is 21.3. The summed E-state index contributed by atoms with van der Waals surface area (Å²) in [6.07, 6.45) is 8.22. The first-order valence-corrected chi connectivity index (χ1v) is 9.46. The second-order valence-electron chi connectivity index (χ2n) is 7.25. The molecule has 1 amide bonds. The number of aromatic nitrogens is 5. The SMILES string of the molecule is Cc1nonc1CC(=O)Nc1cncc(C(=O)c2cn(C(C)C)c3ccncc23)c1. The summed E-state index contributed by atoms with van der Waals surface area (Å²) in [5.41, 5.74) is 3.30. The molecule has 9 heteroatoms. The fourth-order valence-electron chi connectivity index (χ4n) is 3.26. The first-order chi connectivity index (χ1) is 14.4. The molecule has 0 aliphatic rings. The summed E-state index contributed by atoms with van der Waals surface area (Å²) < 4.78 is 6.64. The normalized spacial score (nSPS) is 11.2. The molecular formula is C21H20N6O3. The van der Waals surface area contributed by atoms with Crippen LogP contribution in [0, 0.1) is 6.92 Å². The predicted molar refractivity (Wildman–Crippen MR) is 109 cm³/mol. The van der Waals surface area contributed by atoms with E-state index in [2.05, 4.69) is 44.1 Å². The molecule has 0 atom stereocenters. The standard InChI is InChI=1S/C21H20N6O3/c1-12(2)27-11-17(16-10-22-5-4-19(16)27)21(29)14-6-15(9-23-8-14)24-20(28)7-18-13(3)25-30-26-18/h4-6,8-12H,7H2,1-3H3,(H,24,28). The first-order valence-electron chi connectivity index (χ1n) is 9.46. The Bertz CT molecular complexity index is 1240. The molecule has 152 valence electrons. The number of pyridine rings is 2. The molecule has 1 N–H and O–H groups in total. The first kappa shape index (κ1) is 19.4. The second-order valence-corrected chi connectivity index (χ2v) is 7.25. The van der Waals surface area contributed by atoms with Crippen molar-refractivity contribution in [1.82, 2.24) is 24.8 Å². The van der Waals surface area contributed by atoms with Crippen LogP contribution in [0.1, 0.15) is 47.2 Å². The zero-order valence-corrected chi connectivity index (χ0v) is 16.8. The van der Waals surface area contributed by atoms with E-state index in [4.69, 9.17) is 0 Å². The number of carbonyl (C=O) groups excluding carboxylic acids is 2. The van der Waals surface area contributed by atoms with Crippen LogP contribution >= 0.6 is 0 Å². The maximum Gasteiger partial charge on any atom is 0.230 e. The van der Waals surface area contributed by atoms with Crippen molar-refractivity contribution in [3.05, 3.63) is 65.6 Å². The Kier molecular flexibility index (Phi) is 5.09. The fraction of sp³-hybridized carbons (Fsp3) is 0.238. The van der Waals surface area contributed by atoms with Crippen LogP contribution in [-0.2, 0) is 11.2 Å². The number of ketones is 1. The smallest absolute Gasteiger partial charge is 0.230 e. The minimum atomic E-state index is -0.305. The highest BCUT2D eigenvalue weighted by Gasteiger charge is 2.19. The molecule has 4 heterocycles. The number of rotatable bonds is 6. The Morgan fingerprint density at radius 1 is 1.17 bits per heavy atom. The van der Waals surface area contributed by atoms with E-state index in [9.17, 15) is 9.59 Å². The zero-order valence-electron chi connectivity index (χ0n) is 16.8. The highest BCUT2D eigenvalue weighted by molar-refractivity contribution is 6.16. The van der Waals surface area contributed by atoms with Gasteiger partial charge in [-0.1, -0.05) is 10.3 Å². The third-order valence-electron chi connectivity index (χ3n) is 4.79. The Balaban J connectivity index is 1.60. The van der Waals surface area contributed by atoms with Crippen molar-refractivity contribution in [2.45, 2.75) is 33.2 Å². The Labute approximate surface area is 172 Å². The van der Waals surface area contributed by atoms with E-state index in [0.29, 0.717) is 28.2 Å². The summed E-state index contributed by atoms with van der Waals surface area (Å²) in [5, 5.41) is 10.9. The average molecular weight is 404 g/mol. The highest BCUT2D eigenvalue weighted by Crippen LogP contribution is 2.26. The molecule has 0 aliphatic carbocycles. The molecule has 0 unspecified atom stereocenters. The van der Waals surface area contributed by atoms with Gasteiger partial charge < -0.3 is 9.88 Å². The molecule has 0 spiro atoms. The van der Waals surface area contributed by atoms with Crippen LogP contribution in [0.15, 0.2) is 47.7 Å². The van der Waals surface area contributed by atoms with Crippen LogP contribution in [-0.4, -0.2) is 36.5 Å². The maximum atomic E-state index is 13.2. The molecule has 30 heavy (non-hydrogen) atoms. The molecule has 0 radical (unpaired) electrons. The number of nitrogens with one attached hydrogen (secondary N) is 1. The third kappa shape index (κ3) is 3.69. The molecule has 4 aromatic rings. The van der Waals surface area contributed by atoms with Crippen molar-refractivity contribution < 1.29 is 14.2 Å². The van der Waals surface area contributed by atoms with Crippen molar-refractivity contribution in [3.63, 3.8) is 0 Å². The van der Waals surface area contributed by atoms with E-state index in [1.165, 1.54) is 12.4 Å². The second kappa shape index (κ2) is 7.86. The number of hydrogen-bond donors (Lipinski definition) is 1. The van der Waals surface area contributed by atoms with Crippen molar-refractivity contribution >= 4 is 28.3 Å². The van der Waals surface area contributed by atoms with Gasteiger partial charge in [-0.2, -0.15) is 0 Å². The monoisotopic (exact) mass is 404 g/mol. The van der Waals surface area contributed by atoms with Gasteiger partial charge in [-0.25, -0.2) is 4.63 Å². The molecule has 4 aromatic heterocycles. The number of anilines is 1. The molecular weight excluding hydrogens is 384 g/mol. The van der Waals surface area contributed by atoms with Crippen molar-refractivity contribution in [1.29, 1.82) is 0 Å². The van der Waals surface area contributed by atoms with Crippen LogP contribution in [0.3, 0.4) is 0 Å². The summed E-state index contributed by atoms with van der Waals surface area (Å²) in [6.45, 7) is 5.82. The number of amides is 1. The number of aryl methyl sites for hydroxylation is 1. The number of hydrogen-bond acceptors (Lipinski definition) is 7. The maximum absolute atomic E-state index is 13.2. The lowest BCUT2D eigenvalue weighted by Crippen LogP contribution is -2.16. The minimum absolute atomic E-state index is 0.0149. The average Bonchev–Trinajstić information content (AvgIpc) is 3.31. The van der Waals surface area contributed by atoms with E-state index < -0.39 is 0 Å². The molecule has 0 saturated heterocycles. The molecule has 0 bridgehead atoms. The minimum Gasteiger partial charge on any atom is -0.344 e. The summed E-state index contributed by atoms with van der Waals surface area (Å²) in [7, 11) is 0. The van der Waals surface area contributed by atoms with Crippen molar-refractivity contribution in [2.24, 2.45) is 0 Å². The van der Waals surface area contributed by atoms with Gasteiger partial charge in [0.2, 0.25) is 5.91 Å². The van der Waals surface area contributed by atoms with Gasteiger partial charge in [0.25, 0.3) is 0 Å². The number of nitrogens with zero attached hydrogens (tertiary/aromatic N) is 5. The van der Waals surface area contributed by atoms with Gasteiger partial charge in [-0.15, -0.1) is 0 Å². The Morgan fingerprint density at radius 2 is 2.00 bits per heavy atom. The van der Waals surface area contributed by atoms with Crippen molar-refractivity contribution in [2.75, 3.05) is 5.32 Å². The predicted octanol–water partition coefficient (Wildman–Crippen LogP) is 3.12. The third-order valence-corrected chi connectivity index (χ3v) is 4.79. The van der Waals surface area contributed by atoms with Gasteiger partial charge in [0.1, 0.15) is 11.4 Å². The molecule has 0 fully saturated rings. The van der Waals surface area contributed by atoms with Crippen LogP contribution in [0.25, 0.3) is 10.9 Å². The fourth-order valence-corrected chi connectivity index (χ4v) is 3.26. The van der Waals surface area contributed by atoms with Crippen LogP contribution in [0.5, 0.6) is 0 Å².